The van der Waals surface area contributed by atoms with Crippen molar-refractivity contribution in [2.75, 3.05) is 0 Å². The highest BCUT2D eigenvalue weighted by Crippen LogP contribution is 2.25. The van der Waals surface area contributed by atoms with E-state index in [-0.39, 0.29) is 11.6 Å². The Labute approximate surface area is 129 Å². The molecule has 0 fully saturated rings. The zero-order chi connectivity index (χ0) is 16.3. The Kier molecular flexibility index (Phi) is 6.01. The van der Waals surface area contributed by atoms with E-state index in [4.69, 9.17) is 5.73 Å². The predicted molar refractivity (Wildman–Crippen MR) is 86.6 cm³/mol. The summed E-state index contributed by atoms with van der Waals surface area (Å²) in [6.07, 6.45) is 4.00. The van der Waals surface area contributed by atoms with E-state index in [0.717, 1.165) is 25.0 Å². The van der Waals surface area contributed by atoms with Crippen molar-refractivity contribution in [2.45, 2.75) is 76.9 Å². The van der Waals surface area contributed by atoms with Crippen LogP contribution in [0.1, 0.15) is 65.6 Å². The summed E-state index contributed by atoms with van der Waals surface area (Å²) in [6, 6.07) is 1.86. The van der Waals surface area contributed by atoms with Gasteiger partial charge in [-0.05, 0) is 39.2 Å². The van der Waals surface area contributed by atoms with Crippen LogP contribution in [0.15, 0.2) is 17.2 Å². The van der Waals surface area contributed by atoms with Crippen molar-refractivity contribution >= 4 is 10.0 Å². The second-order valence-electron chi connectivity index (χ2n) is 5.82. The first kappa shape index (κ1) is 18.2. The highest BCUT2D eigenvalue weighted by atomic mass is 32.2. The van der Waals surface area contributed by atoms with Gasteiger partial charge in [-0.1, -0.05) is 20.8 Å². The van der Waals surface area contributed by atoms with Gasteiger partial charge in [0.25, 0.3) is 0 Å². The van der Waals surface area contributed by atoms with Gasteiger partial charge in [-0.15, -0.1) is 0 Å². The third-order valence-electron chi connectivity index (χ3n) is 4.36. The van der Waals surface area contributed by atoms with Gasteiger partial charge >= 0.3 is 0 Å². The first-order chi connectivity index (χ1) is 9.75. The van der Waals surface area contributed by atoms with E-state index in [1.54, 1.807) is 12.3 Å². The van der Waals surface area contributed by atoms with Crippen molar-refractivity contribution < 1.29 is 8.42 Å². The molecule has 0 aromatic carbocycles. The van der Waals surface area contributed by atoms with E-state index < -0.39 is 10.0 Å². The first-order valence-electron chi connectivity index (χ1n) is 7.70. The summed E-state index contributed by atoms with van der Waals surface area (Å²) in [5.41, 5.74) is 6.18. The van der Waals surface area contributed by atoms with Gasteiger partial charge in [-0.3, -0.25) is 0 Å². The molecule has 0 aliphatic rings. The fourth-order valence-electron chi connectivity index (χ4n) is 2.60. The van der Waals surface area contributed by atoms with Crippen molar-refractivity contribution in [1.82, 2.24) is 9.29 Å². The van der Waals surface area contributed by atoms with Gasteiger partial charge in [0.05, 0.1) is 4.90 Å². The summed E-state index contributed by atoms with van der Waals surface area (Å²) >= 11 is 0. The molecule has 0 unspecified atom stereocenters. The molecule has 0 radical (unpaired) electrons. The minimum atomic E-state index is -3.53. The number of nitrogens with zero attached hydrogens (tertiary/aromatic N) is 1. The van der Waals surface area contributed by atoms with Crippen LogP contribution >= 0.6 is 0 Å². The van der Waals surface area contributed by atoms with Crippen molar-refractivity contribution in [3.8, 4) is 0 Å². The number of aromatic nitrogens is 1. The maximum Gasteiger partial charge on any atom is 0.242 e. The smallest absolute Gasteiger partial charge is 0.242 e. The van der Waals surface area contributed by atoms with Crippen LogP contribution in [0.4, 0.5) is 0 Å². The Morgan fingerprint density at radius 3 is 2.10 bits per heavy atom. The lowest BCUT2D eigenvalue weighted by Gasteiger charge is -2.31. The monoisotopic (exact) mass is 315 g/mol. The van der Waals surface area contributed by atoms with Crippen molar-refractivity contribution in [2.24, 2.45) is 5.73 Å². The summed E-state index contributed by atoms with van der Waals surface area (Å²) in [7, 11) is -3.53. The van der Waals surface area contributed by atoms with Gasteiger partial charge in [-0.2, -0.15) is 0 Å². The molecule has 0 saturated heterocycles. The van der Waals surface area contributed by atoms with E-state index >= 15 is 0 Å². The zero-order valence-electron chi connectivity index (χ0n) is 13.8. The largest absolute Gasteiger partial charge is 0.346 e. The molecule has 122 valence electrons. The van der Waals surface area contributed by atoms with Gasteiger partial charge in [0.1, 0.15) is 0 Å². The van der Waals surface area contributed by atoms with Crippen molar-refractivity contribution in [3.05, 3.63) is 18.0 Å². The number of nitrogens with two attached hydrogens (primary N) is 1. The normalized spacial score (nSPS) is 13.1. The topological polar surface area (TPSA) is 77.1 Å². The Hall–Kier alpha value is -0.850. The molecule has 0 bridgehead atoms. The molecule has 21 heavy (non-hydrogen) atoms. The molecule has 0 aliphatic heterocycles. The van der Waals surface area contributed by atoms with Crippen molar-refractivity contribution in [3.63, 3.8) is 0 Å². The summed E-state index contributed by atoms with van der Waals surface area (Å²) in [5.74, 6) is 0. The third-order valence-corrected chi connectivity index (χ3v) is 5.91. The lowest BCUT2D eigenvalue weighted by Crippen LogP contribution is -2.46. The zero-order valence-corrected chi connectivity index (χ0v) is 14.6. The number of hydrogen-bond acceptors (Lipinski definition) is 3. The standard InChI is InChI=1S/C15H29N3O2S/c1-6-15(7-2,8-3)17-21(19,20)14-9-13(10-16)18(11-14)12(4)5/h9,11-12,17H,6-8,10,16H2,1-5H3. The van der Waals surface area contributed by atoms with E-state index in [1.807, 2.05) is 39.2 Å². The molecule has 3 N–H and O–H groups in total. The molecular formula is C15H29N3O2S. The summed E-state index contributed by atoms with van der Waals surface area (Å²) < 4.78 is 30.1. The van der Waals surface area contributed by atoms with E-state index in [9.17, 15) is 8.42 Å². The maximum atomic E-state index is 12.7. The highest BCUT2D eigenvalue weighted by molar-refractivity contribution is 7.89. The summed E-state index contributed by atoms with van der Waals surface area (Å²) in [4.78, 5) is 0.302. The van der Waals surface area contributed by atoms with Gasteiger partial charge in [0.2, 0.25) is 10.0 Å². The number of hydrogen-bond donors (Lipinski definition) is 2. The van der Waals surface area contributed by atoms with Crippen molar-refractivity contribution in [1.29, 1.82) is 0 Å². The Morgan fingerprint density at radius 1 is 1.24 bits per heavy atom. The molecule has 1 heterocycles. The Bertz CT molecular complexity index is 549. The lowest BCUT2D eigenvalue weighted by atomic mass is 9.91. The fraction of sp³-hybridized carbons (Fsp3) is 0.733. The minimum Gasteiger partial charge on any atom is -0.346 e. The molecule has 0 saturated carbocycles. The molecule has 0 spiro atoms. The number of sulfonamides is 1. The van der Waals surface area contributed by atoms with Crippen LogP contribution in [-0.4, -0.2) is 18.5 Å². The van der Waals surface area contributed by atoms with Gasteiger partial charge in [0.15, 0.2) is 0 Å². The van der Waals surface area contributed by atoms with E-state index in [2.05, 4.69) is 4.72 Å². The molecule has 1 aromatic rings. The minimum absolute atomic E-state index is 0.181. The van der Waals surface area contributed by atoms with Crippen LogP contribution in [0.3, 0.4) is 0 Å². The lowest BCUT2D eigenvalue weighted by molar-refractivity contribution is 0.341. The molecule has 0 atom stereocenters. The van der Waals surface area contributed by atoms with Gasteiger partial charge < -0.3 is 10.3 Å². The first-order valence-corrected chi connectivity index (χ1v) is 9.18. The summed E-state index contributed by atoms with van der Waals surface area (Å²) in [6.45, 7) is 10.4. The maximum absolute atomic E-state index is 12.7. The number of nitrogens with one attached hydrogen (secondary N) is 1. The second kappa shape index (κ2) is 6.94. The molecule has 1 aromatic heterocycles. The van der Waals surface area contributed by atoms with E-state index in [0.29, 0.717) is 11.4 Å². The van der Waals surface area contributed by atoms with Crippen LogP contribution < -0.4 is 10.5 Å². The quantitative estimate of drug-likeness (QED) is 0.774. The number of rotatable bonds is 8. The SMILES string of the molecule is CCC(CC)(CC)NS(=O)(=O)c1cc(CN)n(C(C)C)c1. The highest BCUT2D eigenvalue weighted by Gasteiger charge is 2.31. The predicted octanol–water partition coefficient (Wildman–Crippen LogP) is 2.77. The average Bonchev–Trinajstić information content (AvgIpc) is 2.90. The molecule has 0 amide bonds. The summed E-state index contributed by atoms with van der Waals surface area (Å²) in [5, 5.41) is 0. The van der Waals surface area contributed by atoms with Crippen LogP contribution in [0.25, 0.3) is 0 Å². The van der Waals surface area contributed by atoms with Crippen LogP contribution in [0.5, 0.6) is 0 Å². The van der Waals surface area contributed by atoms with Crippen LogP contribution in [-0.2, 0) is 16.6 Å². The Balaban J connectivity index is 3.19. The van der Waals surface area contributed by atoms with Gasteiger partial charge in [-0.25, -0.2) is 13.1 Å². The van der Waals surface area contributed by atoms with Gasteiger partial charge in [0, 0.05) is 30.0 Å². The second-order valence-corrected chi connectivity index (χ2v) is 7.50. The molecule has 0 aliphatic carbocycles. The third kappa shape index (κ3) is 3.87. The average molecular weight is 315 g/mol. The fourth-order valence-corrected chi connectivity index (χ4v) is 4.26. The van der Waals surface area contributed by atoms with Crippen LogP contribution in [0, 0.1) is 0 Å². The Morgan fingerprint density at radius 2 is 1.76 bits per heavy atom. The molecular weight excluding hydrogens is 286 g/mol. The molecule has 6 heteroatoms. The van der Waals surface area contributed by atoms with E-state index in [1.165, 1.54) is 0 Å². The molecule has 1 rings (SSSR count). The van der Waals surface area contributed by atoms with Crippen LogP contribution in [0.2, 0.25) is 0 Å². The molecule has 5 nitrogen and oxygen atoms in total.